The Kier molecular flexibility index (Phi) is 4.95. The molecule has 2 aromatic carbocycles. The van der Waals surface area contributed by atoms with Crippen molar-refractivity contribution < 1.29 is 0 Å². The Morgan fingerprint density at radius 2 is 1.71 bits per heavy atom. The molecule has 0 aromatic heterocycles. The lowest BCUT2D eigenvalue weighted by Crippen LogP contribution is -2.20. The third-order valence-electron chi connectivity index (χ3n) is 4.37. The highest BCUT2D eigenvalue weighted by Gasteiger charge is 2.22. The molecular weight excluding hydrogens is 278 g/mol. The van der Waals surface area contributed by atoms with Crippen molar-refractivity contribution in [1.29, 1.82) is 0 Å². The van der Waals surface area contributed by atoms with Crippen molar-refractivity contribution in [2.24, 2.45) is 5.92 Å². The lowest BCUT2D eigenvalue weighted by atomic mass is 9.99. The van der Waals surface area contributed by atoms with Crippen molar-refractivity contribution in [2.45, 2.75) is 25.8 Å². The summed E-state index contributed by atoms with van der Waals surface area (Å²) in [6, 6.07) is 19.1. The topological polar surface area (TPSA) is 3.24 Å². The van der Waals surface area contributed by atoms with E-state index < -0.39 is 0 Å². The molecule has 3 rings (SSSR count). The molecule has 1 unspecified atom stereocenters. The molecule has 0 amide bonds. The molecule has 2 heteroatoms. The Morgan fingerprint density at radius 3 is 2.48 bits per heavy atom. The molecule has 1 aliphatic heterocycles. The van der Waals surface area contributed by atoms with E-state index in [1.165, 1.54) is 43.5 Å². The highest BCUT2D eigenvalue weighted by atomic mass is 35.5. The maximum atomic E-state index is 5.94. The number of benzene rings is 2. The minimum Gasteiger partial charge on any atom is -0.299 e. The fourth-order valence-corrected chi connectivity index (χ4v) is 3.28. The molecule has 1 heterocycles. The number of rotatable bonds is 5. The number of hydrogen-bond donors (Lipinski definition) is 0. The summed E-state index contributed by atoms with van der Waals surface area (Å²) >= 11 is 5.94. The maximum absolute atomic E-state index is 5.94. The van der Waals surface area contributed by atoms with Crippen molar-refractivity contribution in [3.05, 3.63) is 70.7 Å². The van der Waals surface area contributed by atoms with Gasteiger partial charge in [-0.2, -0.15) is 0 Å². The van der Waals surface area contributed by atoms with Gasteiger partial charge in [0.2, 0.25) is 0 Å². The molecule has 0 N–H and O–H groups in total. The first-order valence-corrected chi connectivity index (χ1v) is 8.18. The van der Waals surface area contributed by atoms with Crippen molar-refractivity contribution >= 4 is 11.6 Å². The number of aryl methyl sites for hydroxylation is 1. The van der Waals surface area contributed by atoms with Gasteiger partial charge in [0.05, 0.1) is 0 Å². The summed E-state index contributed by atoms with van der Waals surface area (Å²) in [7, 11) is 0. The van der Waals surface area contributed by atoms with Crippen LogP contribution in [-0.4, -0.2) is 18.0 Å². The zero-order chi connectivity index (χ0) is 14.5. The molecule has 0 radical (unpaired) electrons. The molecule has 0 bridgehead atoms. The van der Waals surface area contributed by atoms with Crippen molar-refractivity contribution in [3.63, 3.8) is 0 Å². The quantitative estimate of drug-likeness (QED) is 0.767. The third kappa shape index (κ3) is 4.33. The molecule has 2 aromatic rings. The van der Waals surface area contributed by atoms with Gasteiger partial charge >= 0.3 is 0 Å². The first kappa shape index (κ1) is 14.6. The highest BCUT2D eigenvalue weighted by molar-refractivity contribution is 6.30. The van der Waals surface area contributed by atoms with Crippen LogP contribution in [0.2, 0.25) is 5.02 Å². The van der Waals surface area contributed by atoms with E-state index >= 15 is 0 Å². The fourth-order valence-electron chi connectivity index (χ4n) is 3.16. The molecule has 1 fully saturated rings. The molecule has 0 saturated carbocycles. The molecule has 21 heavy (non-hydrogen) atoms. The van der Waals surface area contributed by atoms with Crippen LogP contribution in [0.3, 0.4) is 0 Å². The van der Waals surface area contributed by atoms with Crippen molar-refractivity contribution in [2.75, 3.05) is 13.1 Å². The third-order valence-corrected chi connectivity index (χ3v) is 4.63. The van der Waals surface area contributed by atoms with Gasteiger partial charge in [0.15, 0.2) is 0 Å². The summed E-state index contributed by atoms with van der Waals surface area (Å²) in [6.07, 6.45) is 3.85. The molecule has 1 nitrogen and oxygen atoms in total. The van der Waals surface area contributed by atoms with Crippen molar-refractivity contribution in [3.8, 4) is 0 Å². The van der Waals surface area contributed by atoms with Crippen LogP contribution < -0.4 is 0 Å². The average Bonchev–Trinajstić information content (AvgIpc) is 2.96. The van der Waals surface area contributed by atoms with Gasteiger partial charge in [0.25, 0.3) is 0 Å². The van der Waals surface area contributed by atoms with E-state index in [9.17, 15) is 0 Å². The van der Waals surface area contributed by atoms with E-state index in [2.05, 4.69) is 47.4 Å². The highest BCUT2D eigenvalue weighted by Crippen LogP contribution is 2.23. The second-order valence-corrected chi connectivity index (χ2v) is 6.48. The minimum atomic E-state index is 0.820. The lowest BCUT2D eigenvalue weighted by Gasteiger charge is -2.16. The Morgan fingerprint density at radius 1 is 0.952 bits per heavy atom. The molecule has 0 spiro atoms. The standard InChI is InChI=1S/C19H22ClN/c20-19-10-8-17(9-11-19)14-21-13-12-18(15-21)7-6-16-4-2-1-3-5-16/h1-5,8-11,18H,6-7,12-15H2. The van der Waals surface area contributed by atoms with E-state index in [0.29, 0.717) is 0 Å². The van der Waals surface area contributed by atoms with E-state index in [4.69, 9.17) is 11.6 Å². The first-order chi connectivity index (χ1) is 10.3. The molecule has 1 aliphatic rings. The number of hydrogen-bond acceptors (Lipinski definition) is 1. The predicted octanol–water partition coefficient (Wildman–Crippen LogP) is 4.79. The van der Waals surface area contributed by atoms with Gasteiger partial charge in [-0.25, -0.2) is 0 Å². The van der Waals surface area contributed by atoms with Gasteiger partial charge < -0.3 is 0 Å². The fraction of sp³-hybridized carbons (Fsp3) is 0.368. The summed E-state index contributed by atoms with van der Waals surface area (Å²) in [4.78, 5) is 2.57. The Hall–Kier alpha value is -1.31. The zero-order valence-electron chi connectivity index (χ0n) is 12.3. The van der Waals surface area contributed by atoms with Gasteiger partial charge in [0.1, 0.15) is 0 Å². The molecule has 0 aliphatic carbocycles. The number of halogens is 1. The second kappa shape index (κ2) is 7.11. The average molecular weight is 300 g/mol. The normalized spacial score (nSPS) is 19.0. The Balaban J connectivity index is 1.46. The van der Waals surface area contributed by atoms with Crippen LogP contribution in [0.1, 0.15) is 24.0 Å². The van der Waals surface area contributed by atoms with Crippen LogP contribution in [-0.2, 0) is 13.0 Å². The summed E-state index contributed by atoms with van der Waals surface area (Å²) < 4.78 is 0. The van der Waals surface area contributed by atoms with Crippen LogP contribution in [0.25, 0.3) is 0 Å². The maximum Gasteiger partial charge on any atom is 0.0406 e. The minimum absolute atomic E-state index is 0.820. The summed E-state index contributed by atoms with van der Waals surface area (Å²) in [5.74, 6) is 0.845. The van der Waals surface area contributed by atoms with Gasteiger partial charge in [-0.15, -0.1) is 0 Å². The largest absolute Gasteiger partial charge is 0.299 e. The van der Waals surface area contributed by atoms with Crippen LogP contribution in [0.15, 0.2) is 54.6 Å². The SMILES string of the molecule is Clc1ccc(CN2CCC(CCc3ccccc3)C2)cc1. The van der Waals surface area contributed by atoms with Gasteiger partial charge in [-0.05, 0) is 55.0 Å². The Labute approximate surface area is 132 Å². The second-order valence-electron chi connectivity index (χ2n) is 6.04. The monoisotopic (exact) mass is 299 g/mol. The van der Waals surface area contributed by atoms with Crippen LogP contribution >= 0.6 is 11.6 Å². The number of nitrogens with zero attached hydrogens (tertiary/aromatic N) is 1. The smallest absolute Gasteiger partial charge is 0.0406 e. The summed E-state index contributed by atoms with van der Waals surface area (Å²) in [6.45, 7) is 3.51. The first-order valence-electron chi connectivity index (χ1n) is 7.80. The van der Waals surface area contributed by atoms with Crippen LogP contribution in [0, 0.1) is 5.92 Å². The molecular formula is C19H22ClN. The van der Waals surface area contributed by atoms with Crippen LogP contribution in [0.5, 0.6) is 0 Å². The molecule has 1 saturated heterocycles. The molecule has 110 valence electrons. The summed E-state index contributed by atoms with van der Waals surface area (Å²) in [5, 5.41) is 0.820. The zero-order valence-corrected chi connectivity index (χ0v) is 13.1. The van der Waals surface area contributed by atoms with Gasteiger partial charge in [-0.3, -0.25) is 4.90 Å². The molecule has 1 atom stereocenters. The van der Waals surface area contributed by atoms with E-state index in [1.807, 2.05) is 12.1 Å². The predicted molar refractivity (Wildman–Crippen MR) is 89.6 cm³/mol. The van der Waals surface area contributed by atoms with Gasteiger partial charge in [0, 0.05) is 18.1 Å². The number of likely N-dealkylation sites (tertiary alicyclic amines) is 1. The van der Waals surface area contributed by atoms with Crippen molar-refractivity contribution in [1.82, 2.24) is 4.90 Å². The van der Waals surface area contributed by atoms with E-state index in [0.717, 1.165) is 17.5 Å². The lowest BCUT2D eigenvalue weighted by molar-refractivity contribution is 0.313. The van der Waals surface area contributed by atoms with E-state index in [-0.39, 0.29) is 0 Å². The van der Waals surface area contributed by atoms with E-state index in [1.54, 1.807) is 0 Å². The Bertz CT molecular complexity index is 550. The summed E-state index contributed by atoms with van der Waals surface area (Å²) in [5.41, 5.74) is 2.83. The van der Waals surface area contributed by atoms with Gasteiger partial charge in [-0.1, -0.05) is 54.1 Å². The van der Waals surface area contributed by atoms with Crippen LogP contribution in [0.4, 0.5) is 0 Å².